The first-order chi connectivity index (χ1) is 8.05. The van der Waals surface area contributed by atoms with E-state index in [9.17, 15) is 4.79 Å². The molecular weight excluding hydrogens is 212 g/mol. The van der Waals surface area contributed by atoms with Crippen LogP contribution in [0.15, 0.2) is 30.3 Å². The topological polar surface area (TPSA) is 26.3 Å². The number of hydrogen-bond acceptors (Lipinski definition) is 2. The fraction of sp³-hybridized carbons (Fsp3) is 0.400. The van der Waals surface area contributed by atoms with Crippen molar-refractivity contribution in [3.63, 3.8) is 0 Å². The summed E-state index contributed by atoms with van der Waals surface area (Å²) in [6.07, 6.45) is 4.30. The lowest BCUT2D eigenvalue weighted by atomic mass is 9.90. The van der Waals surface area contributed by atoms with Crippen LogP contribution in [0, 0.1) is 11.3 Å². The maximum Gasteiger partial charge on any atom is 0.310 e. The summed E-state index contributed by atoms with van der Waals surface area (Å²) in [4.78, 5) is 11.9. The third-order valence-electron chi connectivity index (χ3n) is 4.53. The predicted octanol–water partition coefficient (Wildman–Crippen LogP) is 2.78. The second-order valence-electron chi connectivity index (χ2n) is 5.47. The third-order valence-corrected chi connectivity index (χ3v) is 4.53. The van der Waals surface area contributed by atoms with Crippen LogP contribution in [0.25, 0.3) is 6.08 Å². The molecule has 0 amide bonds. The van der Waals surface area contributed by atoms with Crippen LogP contribution in [0.1, 0.15) is 25.0 Å². The highest BCUT2D eigenvalue weighted by molar-refractivity contribution is 5.86. The minimum Gasteiger partial charge on any atom is -0.469 e. The zero-order valence-electron chi connectivity index (χ0n) is 10.4. The summed E-state index contributed by atoms with van der Waals surface area (Å²) in [7, 11) is 1.47. The summed E-state index contributed by atoms with van der Waals surface area (Å²) in [6, 6.07) is 8.30. The van der Waals surface area contributed by atoms with Gasteiger partial charge in [0.15, 0.2) is 0 Å². The van der Waals surface area contributed by atoms with Crippen LogP contribution in [-0.4, -0.2) is 13.1 Å². The lowest BCUT2D eigenvalue weighted by Crippen LogP contribution is -2.13. The lowest BCUT2D eigenvalue weighted by Gasteiger charge is -2.13. The highest BCUT2D eigenvalue weighted by Gasteiger charge is 2.75. The summed E-state index contributed by atoms with van der Waals surface area (Å²) in [5, 5.41) is 0. The van der Waals surface area contributed by atoms with Gasteiger partial charge in [-0.2, -0.15) is 0 Å². The summed E-state index contributed by atoms with van der Waals surface area (Å²) < 4.78 is 4.94. The molecule has 88 valence electrons. The Morgan fingerprint density at radius 3 is 2.71 bits per heavy atom. The van der Waals surface area contributed by atoms with Crippen molar-refractivity contribution < 1.29 is 9.53 Å². The van der Waals surface area contributed by atoms with E-state index in [-0.39, 0.29) is 22.7 Å². The van der Waals surface area contributed by atoms with Crippen molar-refractivity contribution in [1.29, 1.82) is 0 Å². The predicted molar refractivity (Wildman–Crippen MR) is 66.4 cm³/mol. The number of esters is 1. The maximum absolute atomic E-state index is 11.9. The Morgan fingerprint density at radius 1 is 1.29 bits per heavy atom. The number of methoxy groups -OCH3 is 1. The van der Waals surface area contributed by atoms with Gasteiger partial charge >= 0.3 is 5.97 Å². The van der Waals surface area contributed by atoms with Crippen LogP contribution >= 0.6 is 0 Å². The van der Waals surface area contributed by atoms with Crippen LogP contribution < -0.4 is 0 Å². The van der Waals surface area contributed by atoms with Gasteiger partial charge in [-0.05, 0) is 16.5 Å². The number of hydrogen-bond donors (Lipinski definition) is 0. The molecule has 0 saturated heterocycles. The number of carbonyl (C=O) groups is 1. The minimum absolute atomic E-state index is 0.0524. The molecular formula is C15H16O2. The highest BCUT2D eigenvalue weighted by Crippen LogP contribution is 2.72. The molecule has 0 aromatic heterocycles. The lowest BCUT2D eigenvalue weighted by molar-refractivity contribution is -0.143. The van der Waals surface area contributed by atoms with Crippen LogP contribution in [0.3, 0.4) is 0 Å². The summed E-state index contributed by atoms with van der Waals surface area (Å²) in [5.41, 5.74) is 2.30. The van der Waals surface area contributed by atoms with Gasteiger partial charge < -0.3 is 4.74 Å². The standard InChI is InChI=1S/C15H16O2/c1-14(2)12(13(16)17-3)15(14)9-8-10-6-4-5-7-11(10)15/h4-9,12H,1-3H3. The van der Waals surface area contributed by atoms with Crippen LogP contribution in [-0.2, 0) is 14.9 Å². The van der Waals surface area contributed by atoms with Crippen molar-refractivity contribution in [2.24, 2.45) is 11.3 Å². The van der Waals surface area contributed by atoms with E-state index in [1.54, 1.807) is 0 Å². The zero-order chi connectivity index (χ0) is 12.3. The molecule has 2 atom stereocenters. The Hall–Kier alpha value is -1.57. The molecule has 2 aliphatic carbocycles. The van der Waals surface area contributed by atoms with E-state index >= 15 is 0 Å². The van der Waals surface area contributed by atoms with E-state index < -0.39 is 0 Å². The summed E-state index contributed by atoms with van der Waals surface area (Å²) in [6.45, 7) is 4.28. The van der Waals surface area contributed by atoms with Gasteiger partial charge in [0.05, 0.1) is 13.0 Å². The number of carbonyl (C=O) groups excluding carboxylic acids is 1. The molecule has 2 aliphatic rings. The van der Waals surface area contributed by atoms with E-state index in [1.165, 1.54) is 18.2 Å². The molecule has 1 aromatic rings. The van der Waals surface area contributed by atoms with Gasteiger partial charge in [0.25, 0.3) is 0 Å². The van der Waals surface area contributed by atoms with Crippen molar-refractivity contribution in [1.82, 2.24) is 0 Å². The molecule has 1 fully saturated rings. The number of ether oxygens (including phenoxy) is 1. The van der Waals surface area contributed by atoms with Crippen molar-refractivity contribution in [3.8, 4) is 0 Å². The monoisotopic (exact) mass is 228 g/mol. The van der Waals surface area contributed by atoms with E-state index in [1.807, 2.05) is 12.1 Å². The highest BCUT2D eigenvalue weighted by atomic mass is 16.5. The second-order valence-corrected chi connectivity index (χ2v) is 5.47. The molecule has 2 nitrogen and oxygen atoms in total. The molecule has 0 bridgehead atoms. The van der Waals surface area contributed by atoms with Gasteiger partial charge in [0.1, 0.15) is 0 Å². The van der Waals surface area contributed by atoms with Gasteiger partial charge in [-0.3, -0.25) is 4.79 Å². The molecule has 1 spiro atoms. The smallest absolute Gasteiger partial charge is 0.310 e. The average molecular weight is 228 g/mol. The number of fused-ring (bicyclic) bond motifs is 2. The first kappa shape index (κ1) is 10.6. The van der Waals surface area contributed by atoms with Crippen LogP contribution in [0.4, 0.5) is 0 Å². The fourth-order valence-electron chi connectivity index (χ4n) is 3.54. The third kappa shape index (κ3) is 1.03. The summed E-state index contributed by atoms with van der Waals surface area (Å²) in [5.74, 6) is -0.156. The normalized spacial score (nSPS) is 31.4. The fourth-order valence-corrected chi connectivity index (χ4v) is 3.54. The molecule has 1 saturated carbocycles. The summed E-state index contributed by atoms with van der Waals surface area (Å²) >= 11 is 0. The molecule has 0 radical (unpaired) electrons. The molecule has 0 heterocycles. The molecule has 0 N–H and O–H groups in total. The van der Waals surface area contributed by atoms with Crippen molar-refractivity contribution in [2.45, 2.75) is 19.3 Å². The van der Waals surface area contributed by atoms with Gasteiger partial charge in [-0.25, -0.2) is 0 Å². The molecule has 3 rings (SSSR count). The minimum atomic E-state index is -0.142. The van der Waals surface area contributed by atoms with E-state index in [0.717, 1.165) is 0 Å². The molecule has 1 aromatic carbocycles. The van der Waals surface area contributed by atoms with Crippen LogP contribution in [0.2, 0.25) is 0 Å². The Balaban J connectivity index is 2.12. The Kier molecular flexibility index (Phi) is 1.87. The number of allylic oxidation sites excluding steroid dienone is 1. The molecule has 17 heavy (non-hydrogen) atoms. The Bertz CT molecular complexity index is 527. The largest absolute Gasteiger partial charge is 0.469 e. The Labute approximate surface area is 101 Å². The number of rotatable bonds is 1. The van der Waals surface area contributed by atoms with E-state index in [4.69, 9.17) is 4.74 Å². The average Bonchev–Trinajstić information content (AvgIpc) is 2.65. The first-order valence-electron chi connectivity index (χ1n) is 5.92. The Morgan fingerprint density at radius 2 is 2.00 bits per heavy atom. The van der Waals surface area contributed by atoms with Crippen molar-refractivity contribution in [2.75, 3.05) is 7.11 Å². The van der Waals surface area contributed by atoms with Crippen LogP contribution in [0.5, 0.6) is 0 Å². The van der Waals surface area contributed by atoms with Crippen molar-refractivity contribution in [3.05, 3.63) is 41.5 Å². The van der Waals surface area contributed by atoms with Gasteiger partial charge in [0, 0.05) is 5.41 Å². The van der Waals surface area contributed by atoms with E-state index in [0.29, 0.717) is 0 Å². The number of benzene rings is 1. The molecule has 2 unspecified atom stereocenters. The maximum atomic E-state index is 11.9. The molecule has 2 heteroatoms. The van der Waals surface area contributed by atoms with E-state index in [2.05, 4.69) is 38.1 Å². The van der Waals surface area contributed by atoms with Gasteiger partial charge in [-0.1, -0.05) is 50.3 Å². The van der Waals surface area contributed by atoms with Gasteiger partial charge in [0.2, 0.25) is 0 Å². The SMILES string of the molecule is COC(=O)C1C(C)(C)C12C=Cc1ccccc12. The second kappa shape index (κ2) is 3.00. The van der Waals surface area contributed by atoms with Gasteiger partial charge in [-0.15, -0.1) is 0 Å². The first-order valence-corrected chi connectivity index (χ1v) is 5.92. The molecule has 0 aliphatic heterocycles. The van der Waals surface area contributed by atoms with Crippen molar-refractivity contribution >= 4 is 12.0 Å². The quantitative estimate of drug-likeness (QED) is 0.691. The zero-order valence-corrected chi connectivity index (χ0v) is 10.4.